The number of nitrogens with zero attached hydrogens (tertiary/aromatic N) is 1. The fraction of sp³-hybridized carbons (Fsp3) is 0.0714. The van der Waals surface area contributed by atoms with Crippen molar-refractivity contribution in [1.29, 1.82) is 5.26 Å². The highest BCUT2D eigenvalue weighted by atomic mass is 19.1. The van der Waals surface area contributed by atoms with Crippen molar-refractivity contribution in [3.8, 4) is 11.8 Å². The third-order valence-electron chi connectivity index (χ3n) is 2.63. The summed E-state index contributed by atoms with van der Waals surface area (Å²) >= 11 is 0. The standard InChI is InChI=1S/C14H12FN3O/c1-19-11-3-5-14(12(17)7-11)18-13-4-2-10(15)6-9(13)8-16/h2-7,18H,17H2,1H3. The Morgan fingerprint density at radius 1 is 1.21 bits per heavy atom. The van der Waals surface area contributed by atoms with Gasteiger partial charge in [0.05, 0.1) is 29.7 Å². The van der Waals surface area contributed by atoms with E-state index < -0.39 is 5.82 Å². The van der Waals surface area contributed by atoms with E-state index in [2.05, 4.69) is 5.32 Å². The maximum Gasteiger partial charge on any atom is 0.124 e. The second-order valence-corrected chi connectivity index (χ2v) is 3.88. The van der Waals surface area contributed by atoms with E-state index in [9.17, 15) is 4.39 Å². The van der Waals surface area contributed by atoms with Crippen molar-refractivity contribution in [2.24, 2.45) is 0 Å². The van der Waals surface area contributed by atoms with Crippen LogP contribution in [-0.4, -0.2) is 7.11 Å². The van der Waals surface area contributed by atoms with Crippen LogP contribution in [0.3, 0.4) is 0 Å². The number of nitrogens with two attached hydrogens (primary N) is 1. The van der Waals surface area contributed by atoms with E-state index >= 15 is 0 Å². The quantitative estimate of drug-likeness (QED) is 0.829. The summed E-state index contributed by atoms with van der Waals surface area (Å²) in [5.41, 5.74) is 7.69. The molecular formula is C14H12FN3O. The van der Waals surface area contributed by atoms with Gasteiger partial charge in [-0.05, 0) is 30.3 Å². The Bertz CT molecular complexity index is 650. The lowest BCUT2D eigenvalue weighted by Crippen LogP contribution is -1.99. The minimum atomic E-state index is -0.454. The predicted molar refractivity (Wildman–Crippen MR) is 71.8 cm³/mol. The van der Waals surface area contributed by atoms with Crippen LogP contribution in [-0.2, 0) is 0 Å². The molecule has 0 amide bonds. The van der Waals surface area contributed by atoms with Crippen LogP contribution in [0, 0.1) is 17.1 Å². The molecule has 0 aliphatic rings. The maximum atomic E-state index is 13.0. The van der Waals surface area contributed by atoms with Crippen LogP contribution in [0.5, 0.6) is 5.75 Å². The van der Waals surface area contributed by atoms with Crippen molar-refractivity contribution in [3.05, 3.63) is 47.8 Å². The topological polar surface area (TPSA) is 71.1 Å². The number of ether oxygens (including phenoxy) is 1. The first-order valence-electron chi connectivity index (χ1n) is 5.54. The highest BCUT2D eigenvalue weighted by molar-refractivity contribution is 5.76. The zero-order valence-corrected chi connectivity index (χ0v) is 10.3. The lowest BCUT2D eigenvalue weighted by molar-refractivity contribution is 0.415. The predicted octanol–water partition coefficient (Wildman–Crippen LogP) is 3.03. The van der Waals surface area contributed by atoms with E-state index in [0.717, 1.165) is 0 Å². The summed E-state index contributed by atoms with van der Waals surface area (Å²) in [6.45, 7) is 0. The summed E-state index contributed by atoms with van der Waals surface area (Å²) in [5.74, 6) is 0.187. The molecule has 0 aliphatic carbocycles. The first kappa shape index (κ1) is 12.7. The number of nitriles is 1. The van der Waals surface area contributed by atoms with E-state index in [1.807, 2.05) is 6.07 Å². The minimum Gasteiger partial charge on any atom is -0.497 e. The first-order valence-corrected chi connectivity index (χ1v) is 5.54. The van der Waals surface area contributed by atoms with Crippen molar-refractivity contribution in [2.45, 2.75) is 0 Å². The van der Waals surface area contributed by atoms with Gasteiger partial charge in [0.1, 0.15) is 17.6 Å². The van der Waals surface area contributed by atoms with Gasteiger partial charge in [-0.15, -0.1) is 0 Å². The lowest BCUT2D eigenvalue weighted by Gasteiger charge is -2.11. The number of hydrogen-bond acceptors (Lipinski definition) is 4. The molecule has 2 rings (SSSR count). The smallest absolute Gasteiger partial charge is 0.124 e. The minimum absolute atomic E-state index is 0.218. The molecule has 19 heavy (non-hydrogen) atoms. The highest BCUT2D eigenvalue weighted by Crippen LogP contribution is 2.28. The Morgan fingerprint density at radius 2 is 1.95 bits per heavy atom. The first-order chi connectivity index (χ1) is 9.13. The van der Waals surface area contributed by atoms with E-state index in [4.69, 9.17) is 15.7 Å². The molecule has 2 aromatic carbocycles. The Kier molecular flexibility index (Phi) is 3.53. The second-order valence-electron chi connectivity index (χ2n) is 3.88. The van der Waals surface area contributed by atoms with E-state index in [1.165, 1.54) is 18.2 Å². The van der Waals surface area contributed by atoms with E-state index in [0.29, 0.717) is 22.8 Å². The molecule has 0 fully saturated rings. The summed E-state index contributed by atoms with van der Waals surface area (Å²) < 4.78 is 18.1. The number of nitrogens with one attached hydrogen (secondary N) is 1. The van der Waals surface area contributed by atoms with Crippen LogP contribution in [0.1, 0.15) is 5.56 Å². The van der Waals surface area contributed by atoms with Gasteiger partial charge in [-0.2, -0.15) is 5.26 Å². The molecule has 0 spiro atoms. The zero-order valence-electron chi connectivity index (χ0n) is 10.3. The van der Waals surface area contributed by atoms with Gasteiger partial charge in [0.2, 0.25) is 0 Å². The molecule has 0 bridgehead atoms. The van der Waals surface area contributed by atoms with Crippen molar-refractivity contribution in [1.82, 2.24) is 0 Å². The SMILES string of the molecule is COc1ccc(Nc2ccc(F)cc2C#N)c(N)c1. The summed E-state index contributed by atoms with van der Waals surface area (Å²) in [6, 6.07) is 11.0. The van der Waals surface area contributed by atoms with Gasteiger partial charge < -0.3 is 15.8 Å². The maximum absolute atomic E-state index is 13.0. The zero-order chi connectivity index (χ0) is 13.8. The number of halogens is 1. The second kappa shape index (κ2) is 5.27. The van der Waals surface area contributed by atoms with Crippen LogP contribution < -0.4 is 15.8 Å². The average Bonchev–Trinajstić information content (AvgIpc) is 2.42. The summed E-state index contributed by atoms with van der Waals surface area (Å²) in [4.78, 5) is 0. The van der Waals surface area contributed by atoms with Crippen molar-refractivity contribution in [2.75, 3.05) is 18.2 Å². The fourth-order valence-electron chi connectivity index (χ4n) is 1.64. The third kappa shape index (κ3) is 2.75. The monoisotopic (exact) mass is 257 g/mol. The molecule has 0 atom stereocenters. The van der Waals surface area contributed by atoms with Crippen molar-refractivity contribution >= 4 is 17.1 Å². The van der Waals surface area contributed by atoms with Gasteiger partial charge in [-0.25, -0.2) is 4.39 Å². The van der Waals surface area contributed by atoms with Crippen LogP contribution in [0.15, 0.2) is 36.4 Å². The van der Waals surface area contributed by atoms with Gasteiger partial charge in [0.25, 0.3) is 0 Å². The molecule has 96 valence electrons. The molecule has 0 aromatic heterocycles. The normalized spacial score (nSPS) is 9.74. The largest absolute Gasteiger partial charge is 0.497 e. The Hall–Kier alpha value is -2.74. The number of methoxy groups -OCH3 is 1. The number of rotatable bonds is 3. The van der Waals surface area contributed by atoms with Crippen molar-refractivity contribution in [3.63, 3.8) is 0 Å². The summed E-state index contributed by atoms with van der Waals surface area (Å²) in [5, 5.41) is 12.0. The highest BCUT2D eigenvalue weighted by Gasteiger charge is 2.06. The molecule has 0 unspecified atom stereocenters. The molecule has 5 heteroatoms. The number of benzene rings is 2. The van der Waals surface area contributed by atoms with Crippen molar-refractivity contribution < 1.29 is 9.13 Å². The third-order valence-corrected chi connectivity index (χ3v) is 2.63. The molecule has 0 saturated carbocycles. The fourth-order valence-corrected chi connectivity index (χ4v) is 1.64. The summed E-state index contributed by atoms with van der Waals surface area (Å²) in [6.07, 6.45) is 0. The van der Waals surface area contributed by atoms with Gasteiger partial charge in [-0.3, -0.25) is 0 Å². The molecule has 0 saturated heterocycles. The molecule has 0 heterocycles. The van der Waals surface area contributed by atoms with Gasteiger partial charge in [0.15, 0.2) is 0 Å². The van der Waals surface area contributed by atoms with Gasteiger partial charge >= 0.3 is 0 Å². The van der Waals surface area contributed by atoms with Crippen LogP contribution >= 0.6 is 0 Å². The van der Waals surface area contributed by atoms with Crippen LogP contribution in [0.4, 0.5) is 21.5 Å². The summed E-state index contributed by atoms with van der Waals surface area (Å²) in [7, 11) is 1.55. The lowest BCUT2D eigenvalue weighted by atomic mass is 10.1. The van der Waals surface area contributed by atoms with Gasteiger partial charge in [-0.1, -0.05) is 0 Å². The number of hydrogen-bond donors (Lipinski definition) is 2. The number of nitrogen functional groups attached to an aromatic ring is 1. The molecule has 2 aromatic rings. The molecule has 4 nitrogen and oxygen atoms in total. The van der Waals surface area contributed by atoms with E-state index in [-0.39, 0.29) is 5.56 Å². The Labute approximate surface area is 110 Å². The van der Waals surface area contributed by atoms with Crippen LogP contribution in [0.25, 0.3) is 0 Å². The number of anilines is 3. The Morgan fingerprint density at radius 3 is 2.58 bits per heavy atom. The van der Waals surface area contributed by atoms with Crippen LogP contribution in [0.2, 0.25) is 0 Å². The van der Waals surface area contributed by atoms with Gasteiger partial charge in [0, 0.05) is 6.07 Å². The van der Waals surface area contributed by atoms with E-state index in [1.54, 1.807) is 25.3 Å². The molecule has 0 radical (unpaired) electrons. The molecule has 3 N–H and O–H groups in total. The molecular weight excluding hydrogens is 245 g/mol. The Balaban J connectivity index is 2.34. The average molecular weight is 257 g/mol. The molecule has 0 aliphatic heterocycles.